The molecule has 1 aliphatic rings. The van der Waals surface area contributed by atoms with Crippen molar-refractivity contribution in [2.75, 3.05) is 20.3 Å². The lowest BCUT2D eigenvalue weighted by Gasteiger charge is -2.08. The Morgan fingerprint density at radius 3 is 2.56 bits per heavy atom. The molecule has 1 saturated heterocycles. The van der Waals surface area contributed by atoms with Gasteiger partial charge in [0.25, 0.3) is 0 Å². The van der Waals surface area contributed by atoms with Gasteiger partial charge in [0.15, 0.2) is 6.29 Å². The minimum Gasteiger partial charge on any atom is -0.465 e. The maximum atomic E-state index is 11.3. The molecule has 2 rings (SSSR count). The van der Waals surface area contributed by atoms with E-state index < -0.39 is 0 Å². The van der Waals surface area contributed by atoms with Crippen LogP contribution in [0.25, 0.3) is 0 Å². The predicted octanol–water partition coefficient (Wildman–Crippen LogP) is 2.17. The molecular formula is C14H18O4. The van der Waals surface area contributed by atoms with Gasteiger partial charge in [-0.15, -0.1) is 0 Å². The first kappa shape index (κ1) is 13.1. The van der Waals surface area contributed by atoms with E-state index in [4.69, 9.17) is 9.47 Å². The number of esters is 1. The molecule has 1 aromatic rings. The molecule has 0 spiro atoms. The van der Waals surface area contributed by atoms with Crippen LogP contribution in [0.5, 0.6) is 0 Å². The van der Waals surface area contributed by atoms with Crippen LogP contribution in [0.15, 0.2) is 24.3 Å². The molecule has 1 aromatic carbocycles. The molecule has 0 bridgehead atoms. The fourth-order valence-corrected chi connectivity index (χ4v) is 1.97. The Kier molecular flexibility index (Phi) is 4.73. The van der Waals surface area contributed by atoms with Crippen molar-refractivity contribution < 1.29 is 19.0 Å². The van der Waals surface area contributed by atoms with Crippen LogP contribution in [-0.4, -0.2) is 32.6 Å². The van der Waals surface area contributed by atoms with Crippen LogP contribution in [0.1, 0.15) is 28.8 Å². The number of hydrogen-bond donors (Lipinski definition) is 0. The van der Waals surface area contributed by atoms with Gasteiger partial charge in [-0.1, -0.05) is 12.1 Å². The summed E-state index contributed by atoms with van der Waals surface area (Å²) in [6.45, 7) is 1.41. The molecule has 4 nitrogen and oxygen atoms in total. The third kappa shape index (κ3) is 3.55. The summed E-state index contributed by atoms with van der Waals surface area (Å²) in [7, 11) is 1.39. The van der Waals surface area contributed by atoms with Crippen molar-refractivity contribution in [3.05, 3.63) is 35.4 Å². The molecule has 0 unspecified atom stereocenters. The summed E-state index contributed by atoms with van der Waals surface area (Å²) in [6, 6.07) is 7.51. The van der Waals surface area contributed by atoms with Crippen LogP contribution in [0.3, 0.4) is 0 Å². The minimum atomic E-state index is -0.297. The smallest absolute Gasteiger partial charge is 0.337 e. The van der Waals surface area contributed by atoms with Crippen LogP contribution in [0.2, 0.25) is 0 Å². The zero-order valence-electron chi connectivity index (χ0n) is 10.6. The summed E-state index contributed by atoms with van der Waals surface area (Å²) >= 11 is 0. The number of rotatable bonds is 5. The van der Waals surface area contributed by atoms with Gasteiger partial charge in [-0.2, -0.15) is 0 Å². The molecule has 0 atom stereocenters. The Labute approximate surface area is 107 Å². The normalized spacial score (nSPS) is 15.8. The van der Waals surface area contributed by atoms with E-state index in [9.17, 15) is 4.79 Å². The molecule has 0 saturated carbocycles. The van der Waals surface area contributed by atoms with Crippen molar-refractivity contribution in [3.63, 3.8) is 0 Å². The largest absolute Gasteiger partial charge is 0.465 e. The maximum Gasteiger partial charge on any atom is 0.337 e. The second kappa shape index (κ2) is 6.52. The highest BCUT2D eigenvalue weighted by atomic mass is 16.7. The molecule has 18 heavy (non-hydrogen) atoms. The molecule has 0 aliphatic carbocycles. The van der Waals surface area contributed by atoms with Crippen molar-refractivity contribution in [1.29, 1.82) is 0 Å². The van der Waals surface area contributed by atoms with Gasteiger partial charge < -0.3 is 14.2 Å². The summed E-state index contributed by atoms with van der Waals surface area (Å²) in [5.74, 6) is -0.297. The second-order valence-electron chi connectivity index (χ2n) is 4.25. The van der Waals surface area contributed by atoms with Gasteiger partial charge in [0.2, 0.25) is 0 Å². The van der Waals surface area contributed by atoms with E-state index in [0.717, 1.165) is 19.3 Å². The predicted molar refractivity (Wildman–Crippen MR) is 66.4 cm³/mol. The maximum absolute atomic E-state index is 11.3. The highest BCUT2D eigenvalue weighted by molar-refractivity contribution is 5.89. The SMILES string of the molecule is COC(=O)c1ccc(CCCC2OCCO2)cc1. The Hall–Kier alpha value is -1.39. The first-order valence-corrected chi connectivity index (χ1v) is 6.20. The molecule has 0 radical (unpaired) electrons. The standard InChI is InChI=1S/C14H18O4/c1-16-14(15)12-7-5-11(6-8-12)3-2-4-13-17-9-10-18-13/h5-8,13H,2-4,9-10H2,1H3. The zero-order chi connectivity index (χ0) is 12.8. The van der Waals surface area contributed by atoms with E-state index in [0.29, 0.717) is 18.8 Å². The van der Waals surface area contributed by atoms with Gasteiger partial charge in [-0.25, -0.2) is 4.79 Å². The number of benzene rings is 1. The number of carbonyl (C=O) groups excluding carboxylic acids is 1. The molecule has 1 heterocycles. The Morgan fingerprint density at radius 2 is 1.94 bits per heavy atom. The molecular weight excluding hydrogens is 232 g/mol. The summed E-state index contributed by atoms with van der Waals surface area (Å²) in [4.78, 5) is 11.3. The van der Waals surface area contributed by atoms with E-state index in [1.807, 2.05) is 12.1 Å². The van der Waals surface area contributed by atoms with Crippen LogP contribution < -0.4 is 0 Å². The fourth-order valence-electron chi connectivity index (χ4n) is 1.97. The lowest BCUT2D eigenvalue weighted by molar-refractivity contribution is -0.0475. The topological polar surface area (TPSA) is 44.8 Å². The molecule has 98 valence electrons. The Bertz CT molecular complexity index is 379. The summed E-state index contributed by atoms with van der Waals surface area (Å²) in [5.41, 5.74) is 1.80. The van der Waals surface area contributed by atoms with Gasteiger partial charge in [0.1, 0.15) is 0 Å². The minimum absolute atomic E-state index is 0.0284. The van der Waals surface area contributed by atoms with Crippen LogP contribution in [0.4, 0.5) is 0 Å². The van der Waals surface area contributed by atoms with Crippen molar-refractivity contribution in [2.24, 2.45) is 0 Å². The van der Waals surface area contributed by atoms with Crippen molar-refractivity contribution in [1.82, 2.24) is 0 Å². The number of ether oxygens (including phenoxy) is 3. The molecule has 0 aromatic heterocycles. The summed E-state index contributed by atoms with van der Waals surface area (Å²) < 4.78 is 15.4. The number of methoxy groups -OCH3 is 1. The Morgan fingerprint density at radius 1 is 1.28 bits per heavy atom. The van der Waals surface area contributed by atoms with Gasteiger partial charge in [-0.05, 0) is 37.0 Å². The van der Waals surface area contributed by atoms with Crippen molar-refractivity contribution in [3.8, 4) is 0 Å². The van der Waals surface area contributed by atoms with Crippen molar-refractivity contribution >= 4 is 5.97 Å². The molecule has 1 aliphatic heterocycles. The van der Waals surface area contributed by atoms with Crippen LogP contribution in [0, 0.1) is 0 Å². The number of carbonyl (C=O) groups is 1. The first-order valence-electron chi connectivity index (χ1n) is 6.20. The summed E-state index contributed by atoms with van der Waals surface area (Å²) in [5, 5.41) is 0. The lowest BCUT2D eigenvalue weighted by atomic mass is 10.1. The van der Waals surface area contributed by atoms with Gasteiger partial charge in [0, 0.05) is 0 Å². The van der Waals surface area contributed by atoms with Gasteiger partial charge in [0.05, 0.1) is 25.9 Å². The molecule has 0 N–H and O–H groups in total. The van der Waals surface area contributed by atoms with E-state index in [1.165, 1.54) is 12.7 Å². The quantitative estimate of drug-likeness (QED) is 0.751. The van der Waals surface area contributed by atoms with Gasteiger partial charge >= 0.3 is 5.97 Å². The number of aryl methyl sites for hydroxylation is 1. The summed E-state index contributed by atoms with van der Waals surface area (Å²) in [6.07, 6.45) is 2.87. The Balaban J connectivity index is 1.77. The third-order valence-electron chi connectivity index (χ3n) is 2.97. The molecule has 4 heteroatoms. The highest BCUT2D eigenvalue weighted by Crippen LogP contribution is 2.14. The second-order valence-corrected chi connectivity index (χ2v) is 4.25. The zero-order valence-corrected chi connectivity index (χ0v) is 10.6. The monoisotopic (exact) mass is 250 g/mol. The average molecular weight is 250 g/mol. The fraction of sp³-hybridized carbons (Fsp3) is 0.500. The van der Waals surface area contributed by atoms with E-state index in [-0.39, 0.29) is 12.3 Å². The first-order chi connectivity index (χ1) is 8.79. The highest BCUT2D eigenvalue weighted by Gasteiger charge is 2.14. The molecule has 1 fully saturated rings. The van der Waals surface area contributed by atoms with E-state index in [1.54, 1.807) is 12.1 Å². The molecule has 0 amide bonds. The van der Waals surface area contributed by atoms with Crippen molar-refractivity contribution in [2.45, 2.75) is 25.6 Å². The van der Waals surface area contributed by atoms with Crippen LogP contribution in [-0.2, 0) is 20.6 Å². The van der Waals surface area contributed by atoms with E-state index >= 15 is 0 Å². The lowest BCUT2D eigenvalue weighted by Crippen LogP contribution is -2.07. The average Bonchev–Trinajstić information content (AvgIpc) is 2.92. The van der Waals surface area contributed by atoms with E-state index in [2.05, 4.69) is 4.74 Å². The van der Waals surface area contributed by atoms with Crippen LogP contribution >= 0.6 is 0 Å². The third-order valence-corrected chi connectivity index (χ3v) is 2.97. The number of hydrogen-bond acceptors (Lipinski definition) is 4. The van der Waals surface area contributed by atoms with Gasteiger partial charge in [-0.3, -0.25) is 0 Å².